The second-order valence-corrected chi connectivity index (χ2v) is 7.24. The molecular formula is C9H13BrN2O3S2. The Morgan fingerprint density at radius 2 is 2.18 bits per heavy atom. The zero-order valence-electron chi connectivity index (χ0n) is 9.06. The van der Waals surface area contributed by atoms with Crippen molar-refractivity contribution in [2.24, 2.45) is 0 Å². The molecule has 2 heterocycles. The number of halogens is 1. The Morgan fingerprint density at radius 1 is 1.47 bits per heavy atom. The molecule has 0 aliphatic carbocycles. The summed E-state index contributed by atoms with van der Waals surface area (Å²) in [6, 6.07) is 1.91. The Balaban J connectivity index is 1.92. The number of nitrogens with zero attached hydrogens (tertiary/aromatic N) is 1. The van der Waals surface area contributed by atoms with Gasteiger partial charge in [-0.2, -0.15) is 17.4 Å². The molecule has 1 fully saturated rings. The fraction of sp³-hybridized carbons (Fsp3) is 0.556. The molecule has 0 saturated carbocycles. The van der Waals surface area contributed by atoms with E-state index in [0.717, 1.165) is 9.35 Å². The molecule has 2 rings (SSSR count). The molecule has 5 nitrogen and oxygen atoms in total. The first kappa shape index (κ1) is 13.4. The molecule has 0 unspecified atom stereocenters. The molecule has 1 saturated heterocycles. The zero-order chi connectivity index (χ0) is 12.3. The molecule has 1 aromatic heterocycles. The highest BCUT2D eigenvalue weighted by molar-refractivity contribution is 9.10. The van der Waals surface area contributed by atoms with Crippen LogP contribution in [0.4, 0.5) is 0 Å². The summed E-state index contributed by atoms with van der Waals surface area (Å²) >= 11 is 4.86. The van der Waals surface area contributed by atoms with Crippen molar-refractivity contribution in [3.05, 3.63) is 20.8 Å². The standard InChI is InChI=1S/C9H13BrN2O3S2/c10-8-5-9(16-7-8)6-11-17(13,14)12-1-3-15-4-2-12/h5,7,11H,1-4,6H2. The highest BCUT2D eigenvalue weighted by Crippen LogP contribution is 2.19. The van der Waals surface area contributed by atoms with Crippen molar-refractivity contribution in [3.8, 4) is 0 Å². The summed E-state index contributed by atoms with van der Waals surface area (Å²) in [4.78, 5) is 0.980. The second-order valence-electron chi connectivity index (χ2n) is 3.57. The van der Waals surface area contributed by atoms with Crippen LogP contribution in [0.15, 0.2) is 15.9 Å². The van der Waals surface area contributed by atoms with E-state index in [2.05, 4.69) is 20.7 Å². The van der Waals surface area contributed by atoms with E-state index in [1.165, 1.54) is 15.6 Å². The van der Waals surface area contributed by atoms with Gasteiger partial charge in [0.1, 0.15) is 0 Å². The fourth-order valence-electron chi connectivity index (χ4n) is 1.49. The molecule has 8 heteroatoms. The maximum atomic E-state index is 11.9. The molecule has 0 bridgehead atoms. The van der Waals surface area contributed by atoms with Crippen LogP contribution >= 0.6 is 27.3 Å². The van der Waals surface area contributed by atoms with E-state index in [-0.39, 0.29) is 0 Å². The summed E-state index contributed by atoms with van der Waals surface area (Å²) in [5.41, 5.74) is 0. The minimum atomic E-state index is -3.38. The average molecular weight is 341 g/mol. The molecule has 96 valence electrons. The predicted octanol–water partition coefficient (Wildman–Crippen LogP) is 1.18. The lowest BCUT2D eigenvalue weighted by Gasteiger charge is -2.25. The number of ether oxygens (including phenoxy) is 1. The van der Waals surface area contributed by atoms with Crippen LogP contribution in [-0.2, 0) is 21.5 Å². The smallest absolute Gasteiger partial charge is 0.279 e. The highest BCUT2D eigenvalue weighted by atomic mass is 79.9. The predicted molar refractivity (Wildman–Crippen MR) is 70.2 cm³/mol. The van der Waals surface area contributed by atoms with Crippen molar-refractivity contribution in [2.75, 3.05) is 26.3 Å². The maximum absolute atomic E-state index is 11.9. The first-order valence-electron chi connectivity index (χ1n) is 5.13. The number of hydrogen-bond acceptors (Lipinski definition) is 4. The van der Waals surface area contributed by atoms with Gasteiger partial charge in [0.25, 0.3) is 10.2 Å². The topological polar surface area (TPSA) is 58.6 Å². The first-order valence-corrected chi connectivity index (χ1v) is 8.24. The summed E-state index contributed by atoms with van der Waals surface area (Å²) in [6.07, 6.45) is 0. The number of thiophene rings is 1. The van der Waals surface area contributed by atoms with Crippen molar-refractivity contribution >= 4 is 37.5 Å². The van der Waals surface area contributed by atoms with Crippen LogP contribution in [0.3, 0.4) is 0 Å². The Bertz CT molecular complexity index is 468. The molecule has 17 heavy (non-hydrogen) atoms. The molecule has 1 aromatic rings. The van der Waals surface area contributed by atoms with Crippen LogP contribution in [0.25, 0.3) is 0 Å². The van der Waals surface area contributed by atoms with Crippen molar-refractivity contribution in [2.45, 2.75) is 6.54 Å². The van der Waals surface area contributed by atoms with E-state index >= 15 is 0 Å². The maximum Gasteiger partial charge on any atom is 0.279 e. The van der Waals surface area contributed by atoms with Gasteiger partial charge < -0.3 is 4.74 Å². The monoisotopic (exact) mass is 340 g/mol. The molecule has 0 aromatic carbocycles. The summed E-state index contributed by atoms with van der Waals surface area (Å²) < 4.78 is 33.9. The van der Waals surface area contributed by atoms with E-state index in [1.54, 1.807) is 0 Å². The third-order valence-corrected chi connectivity index (χ3v) is 5.61. The van der Waals surface area contributed by atoms with E-state index in [1.807, 2.05) is 11.4 Å². The van der Waals surface area contributed by atoms with Crippen molar-refractivity contribution < 1.29 is 13.2 Å². The van der Waals surface area contributed by atoms with E-state index in [9.17, 15) is 8.42 Å². The highest BCUT2D eigenvalue weighted by Gasteiger charge is 2.23. The Kier molecular flexibility index (Phi) is 4.56. The number of rotatable bonds is 4. The molecule has 1 N–H and O–H groups in total. The van der Waals surface area contributed by atoms with Crippen LogP contribution in [0.5, 0.6) is 0 Å². The average Bonchev–Trinajstić information content (AvgIpc) is 2.74. The molecular weight excluding hydrogens is 328 g/mol. The van der Waals surface area contributed by atoms with Gasteiger partial charge in [-0.05, 0) is 22.0 Å². The number of morpholine rings is 1. The Hall–Kier alpha value is 0.01000. The van der Waals surface area contributed by atoms with Crippen LogP contribution < -0.4 is 4.72 Å². The minimum Gasteiger partial charge on any atom is -0.379 e. The van der Waals surface area contributed by atoms with Gasteiger partial charge in [0.15, 0.2) is 0 Å². The van der Waals surface area contributed by atoms with Gasteiger partial charge in [0.2, 0.25) is 0 Å². The normalized spacial score (nSPS) is 18.4. The van der Waals surface area contributed by atoms with E-state index in [4.69, 9.17) is 4.74 Å². The molecule has 1 aliphatic rings. The lowest BCUT2D eigenvalue weighted by Crippen LogP contribution is -2.46. The third kappa shape index (κ3) is 3.73. The summed E-state index contributed by atoms with van der Waals surface area (Å²) in [5, 5.41) is 1.93. The van der Waals surface area contributed by atoms with Crippen LogP contribution in [-0.4, -0.2) is 39.0 Å². The molecule has 0 spiro atoms. The summed E-state index contributed by atoms with van der Waals surface area (Å²) in [6.45, 7) is 2.10. The van der Waals surface area contributed by atoms with Gasteiger partial charge >= 0.3 is 0 Å². The van der Waals surface area contributed by atoms with Gasteiger partial charge in [0, 0.05) is 34.4 Å². The van der Waals surface area contributed by atoms with Gasteiger partial charge in [0.05, 0.1) is 13.2 Å². The van der Waals surface area contributed by atoms with Gasteiger partial charge in [-0.1, -0.05) is 0 Å². The van der Waals surface area contributed by atoms with Crippen LogP contribution in [0, 0.1) is 0 Å². The number of nitrogens with one attached hydrogen (secondary N) is 1. The minimum absolute atomic E-state index is 0.329. The Labute approximate surface area is 113 Å². The second kappa shape index (κ2) is 5.77. The van der Waals surface area contributed by atoms with E-state index in [0.29, 0.717) is 32.8 Å². The largest absolute Gasteiger partial charge is 0.379 e. The molecule has 0 atom stereocenters. The van der Waals surface area contributed by atoms with Gasteiger partial charge in [-0.3, -0.25) is 0 Å². The third-order valence-electron chi connectivity index (χ3n) is 2.36. The molecule has 1 aliphatic heterocycles. The van der Waals surface area contributed by atoms with Crippen LogP contribution in [0.2, 0.25) is 0 Å². The summed E-state index contributed by atoms with van der Waals surface area (Å²) in [7, 11) is -3.38. The first-order chi connectivity index (χ1) is 8.08. The Morgan fingerprint density at radius 3 is 2.76 bits per heavy atom. The molecule has 0 radical (unpaired) electrons. The van der Waals surface area contributed by atoms with Gasteiger partial charge in [-0.25, -0.2) is 0 Å². The van der Waals surface area contributed by atoms with E-state index < -0.39 is 10.2 Å². The number of hydrogen-bond donors (Lipinski definition) is 1. The lowest BCUT2D eigenvalue weighted by atomic mass is 10.5. The zero-order valence-corrected chi connectivity index (χ0v) is 12.3. The van der Waals surface area contributed by atoms with Crippen molar-refractivity contribution in [1.29, 1.82) is 0 Å². The SMILES string of the molecule is O=S(=O)(NCc1cc(Br)cs1)N1CCOCC1. The van der Waals surface area contributed by atoms with Crippen molar-refractivity contribution in [1.82, 2.24) is 9.03 Å². The fourth-order valence-corrected chi connectivity index (χ4v) is 4.12. The van der Waals surface area contributed by atoms with Crippen LogP contribution in [0.1, 0.15) is 4.88 Å². The molecule has 0 amide bonds. The summed E-state index contributed by atoms with van der Waals surface area (Å²) in [5.74, 6) is 0. The quantitative estimate of drug-likeness (QED) is 0.895. The van der Waals surface area contributed by atoms with Crippen molar-refractivity contribution in [3.63, 3.8) is 0 Å². The van der Waals surface area contributed by atoms with Gasteiger partial charge in [-0.15, -0.1) is 11.3 Å². The lowest BCUT2D eigenvalue weighted by molar-refractivity contribution is 0.0725.